The molecule has 0 aliphatic carbocycles. The molecule has 1 unspecified atom stereocenters. The van der Waals surface area contributed by atoms with E-state index < -0.39 is 0 Å². The molecule has 104 valence electrons. The van der Waals surface area contributed by atoms with Gasteiger partial charge < -0.3 is 9.64 Å². The highest BCUT2D eigenvalue weighted by atomic mass is 35.5. The molecule has 2 rings (SSSR count). The van der Waals surface area contributed by atoms with Gasteiger partial charge in [-0.25, -0.2) is 0 Å². The first-order chi connectivity index (χ1) is 9.22. The molecule has 4 heteroatoms. The van der Waals surface area contributed by atoms with Gasteiger partial charge >= 0.3 is 0 Å². The van der Waals surface area contributed by atoms with E-state index in [4.69, 9.17) is 16.3 Å². The molecule has 1 heterocycles. The maximum Gasteiger partial charge on any atom is 0.222 e. The predicted octanol–water partition coefficient (Wildman–Crippen LogP) is 2.72. The number of aryl methyl sites for hydroxylation is 1. The maximum absolute atomic E-state index is 11.7. The van der Waals surface area contributed by atoms with Gasteiger partial charge in [0, 0.05) is 25.4 Å². The van der Waals surface area contributed by atoms with Crippen molar-refractivity contribution in [3.8, 4) is 5.75 Å². The van der Waals surface area contributed by atoms with Gasteiger partial charge in [-0.15, -0.1) is 11.6 Å². The van der Waals surface area contributed by atoms with Crippen LogP contribution in [0.1, 0.15) is 18.4 Å². The van der Waals surface area contributed by atoms with Crippen molar-refractivity contribution in [1.29, 1.82) is 0 Å². The first kappa shape index (κ1) is 14.2. The number of methoxy groups -OCH3 is 1. The lowest BCUT2D eigenvalue weighted by Gasteiger charge is -2.16. The predicted molar refractivity (Wildman–Crippen MR) is 76.7 cm³/mol. The molecular formula is C15H20ClNO2. The van der Waals surface area contributed by atoms with E-state index in [1.807, 2.05) is 17.0 Å². The number of hydrogen-bond acceptors (Lipinski definition) is 2. The molecule has 3 nitrogen and oxygen atoms in total. The van der Waals surface area contributed by atoms with Crippen LogP contribution in [-0.4, -0.2) is 36.9 Å². The molecule has 1 saturated heterocycles. The summed E-state index contributed by atoms with van der Waals surface area (Å²) in [7, 11) is 1.67. The number of halogens is 1. The molecule has 19 heavy (non-hydrogen) atoms. The van der Waals surface area contributed by atoms with Crippen molar-refractivity contribution in [2.75, 3.05) is 26.1 Å². The summed E-state index contributed by atoms with van der Waals surface area (Å²) < 4.78 is 5.13. The fourth-order valence-corrected chi connectivity index (χ4v) is 2.65. The van der Waals surface area contributed by atoms with E-state index in [1.54, 1.807) is 7.11 Å². The third kappa shape index (κ3) is 3.87. The normalized spacial score (nSPS) is 18.9. The minimum Gasteiger partial charge on any atom is -0.497 e. The fraction of sp³-hybridized carbons (Fsp3) is 0.533. The van der Waals surface area contributed by atoms with Crippen molar-refractivity contribution in [2.45, 2.75) is 19.3 Å². The van der Waals surface area contributed by atoms with E-state index in [0.29, 0.717) is 18.2 Å². The molecule has 0 N–H and O–H groups in total. The van der Waals surface area contributed by atoms with Crippen molar-refractivity contribution in [3.63, 3.8) is 0 Å². The number of ether oxygens (including phenoxy) is 1. The Morgan fingerprint density at radius 3 is 2.68 bits per heavy atom. The van der Waals surface area contributed by atoms with Crippen LogP contribution in [-0.2, 0) is 11.2 Å². The Morgan fingerprint density at radius 2 is 2.11 bits per heavy atom. The van der Waals surface area contributed by atoms with Crippen LogP contribution in [0.2, 0.25) is 0 Å². The summed E-state index contributed by atoms with van der Waals surface area (Å²) in [5.74, 6) is 2.06. The Bertz CT molecular complexity index is 419. The van der Waals surface area contributed by atoms with Gasteiger partial charge in [0.15, 0.2) is 0 Å². The van der Waals surface area contributed by atoms with Crippen LogP contribution in [0, 0.1) is 5.92 Å². The first-order valence-electron chi connectivity index (χ1n) is 6.69. The number of nitrogens with zero attached hydrogens (tertiary/aromatic N) is 1. The Kier molecular flexibility index (Phi) is 5.08. The van der Waals surface area contributed by atoms with Gasteiger partial charge in [0.1, 0.15) is 5.75 Å². The third-order valence-electron chi connectivity index (χ3n) is 3.57. The third-order valence-corrected chi connectivity index (χ3v) is 4.00. The molecule has 0 bridgehead atoms. The van der Waals surface area contributed by atoms with Crippen LogP contribution >= 0.6 is 11.6 Å². The van der Waals surface area contributed by atoms with Gasteiger partial charge in [-0.2, -0.15) is 0 Å². The second kappa shape index (κ2) is 6.80. The van der Waals surface area contributed by atoms with Gasteiger partial charge in [-0.3, -0.25) is 4.79 Å². The number of likely N-dealkylation sites (tertiary alicyclic amines) is 1. The minimum atomic E-state index is 0.250. The van der Waals surface area contributed by atoms with Crippen LogP contribution in [0.15, 0.2) is 24.3 Å². The number of carbonyl (C=O) groups excluding carboxylic acids is 1. The van der Waals surface area contributed by atoms with E-state index in [9.17, 15) is 4.79 Å². The van der Waals surface area contributed by atoms with Crippen molar-refractivity contribution in [2.24, 2.45) is 5.92 Å². The van der Waals surface area contributed by atoms with Crippen LogP contribution in [0.4, 0.5) is 0 Å². The molecule has 1 amide bonds. The van der Waals surface area contributed by atoms with Gasteiger partial charge in [0.05, 0.1) is 7.11 Å². The lowest BCUT2D eigenvalue weighted by Crippen LogP contribution is -2.26. The number of amides is 1. The molecular weight excluding hydrogens is 262 g/mol. The first-order valence-corrected chi connectivity index (χ1v) is 7.23. The Balaban J connectivity index is 1.75. The average molecular weight is 282 g/mol. The standard InChI is InChI=1S/C15H20ClNO2/c1-19-14-6-4-12(5-7-14)3-2-8-17-11-13(10-16)9-15(17)18/h4-7,13H,2-3,8-11H2,1H3. The fourth-order valence-electron chi connectivity index (χ4n) is 2.44. The summed E-state index contributed by atoms with van der Waals surface area (Å²) >= 11 is 5.81. The van der Waals surface area contributed by atoms with Crippen molar-refractivity contribution in [1.82, 2.24) is 4.90 Å². The Labute approximate surface area is 119 Å². The van der Waals surface area contributed by atoms with Gasteiger partial charge in [-0.05, 0) is 36.5 Å². The van der Waals surface area contributed by atoms with Crippen LogP contribution in [0.3, 0.4) is 0 Å². The second-order valence-corrected chi connectivity index (χ2v) is 5.32. The highest BCUT2D eigenvalue weighted by molar-refractivity contribution is 6.18. The van der Waals surface area contributed by atoms with E-state index in [0.717, 1.165) is 31.7 Å². The van der Waals surface area contributed by atoms with Crippen LogP contribution < -0.4 is 4.74 Å². The summed E-state index contributed by atoms with van der Waals surface area (Å²) in [6, 6.07) is 8.10. The van der Waals surface area contributed by atoms with Gasteiger partial charge in [0.2, 0.25) is 5.91 Å². The molecule has 0 radical (unpaired) electrons. The second-order valence-electron chi connectivity index (χ2n) is 5.02. The monoisotopic (exact) mass is 281 g/mol. The molecule has 1 aliphatic heterocycles. The summed E-state index contributed by atoms with van der Waals surface area (Å²) in [4.78, 5) is 13.7. The summed E-state index contributed by atoms with van der Waals surface area (Å²) in [5, 5.41) is 0. The molecule has 1 fully saturated rings. The number of benzene rings is 1. The maximum atomic E-state index is 11.7. The highest BCUT2D eigenvalue weighted by Gasteiger charge is 2.28. The lowest BCUT2D eigenvalue weighted by atomic mass is 10.1. The Hall–Kier alpha value is -1.22. The lowest BCUT2D eigenvalue weighted by molar-refractivity contribution is -0.127. The number of carbonyl (C=O) groups is 1. The molecule has 0 aromatic heterocycles. The average Bonchev–Trinajstić information content (AvgIpc) is 2.80. The zero-order chi connectivity index (χ0) is 13.7. The molecule has 1 aromatic carbocycles. The van der Waals surface area contributed by atoms with Crippen molar-refractivity contribution in [3.05, 3.63) is 29.8 Å². The molecule has 0 spiro atoms. The quantitative estimate of drug-likeness (QED) is 0.751. The van der Waals surface area contributed by atoms with Gasteiger partial charge in [-0.1, -0.05) is 12.1 Å². The van der Waals surface area contributed by atoms with E-state index >= 15 is 0 Å². The Morgan fingerprint density at radius 1 is 1.37 bits per heavy atom. The largest absolute Gasteiger partial charge is 0.497 e. The van der Waals surface area contributed by atoms with E-state index in [-0.39, 0.29) is 5.91 Å². The van der Waals surface area contributed by atoms with Crippen LogP contribution in [0.5, 0.6) is 5.75 Å². The number of hydrogen-bond donors (Lipinski definition) is 0. The zero-order valence-corrected chi connectivity index (χ0v) is 12.0. The summed E-state index contributed by atoms with van der Waals surface area (Å²) in [5.41, 5.74) is 1.28. The number of rotatable bonds is 6. The topological polar surface area (TPSA) is 29.5 Å². The smallest absolute Gasteiger partial charge is 0.222 e. The molecule has 0 saturated carbocycles. The molecule has 1 atom stereocenters. The summed E-state index contributed by atoms with van der Waals surface area (Å²) in [6.07, 6.45) is 2.60. The molecule has 1 aromatic rings. The number of alkyl halides is 1. The zero-order valence-electron chi connectivity index (χ0n) is 11.3. The SMILES string of the molecule is COc1ccc(CCCN2CC(CCl)CC2=O)cc1. The molecule has 1 aliphatic rings. The van der Waals surface area contributed by atoms with Crippen molar-refractivity contribution >= 4 is 17.5 Å². The highest BCUT2D eigenvalue weighted by Crippen LogP contribution is 2.19. The van der Waals surface area contributed by atoms with Crippen molar-refractivity contribution < 1.29 is 9.53 Å². The van der Waals surface area contributed by atoms with Crippen LogP contribution in [0.25, 0.3) is 0 Å². The van der Waals surface area contributed by atoms with Gasteiger partial charge in [0.25, 0.3) is 0 Å². The minimum absolute atomic E-state index is 0.250. The summed E-state index contributed by atoms with van der Waals surface area (Å²) in [6.45, 7) is 1.66. The van der Waals surface area contributed by atoms with E-state index in [1.165, 1.54) is 5.56 Å². The van der Waals surface area contributed by atoms with E-state index in [2.05, 4.69) is 12.1 Å².